The molecule has 1 heterocycles. The number of benzene rings is 2. The maximum atomic E-state index is 12.7. The minimum absolute atomic E-state index is 0.0868. The van der Waals surface area contributed by atoms with Crippen LogP contribution in [-0.2, 0) is 14.8 Å². The smallest absolute Gasteiger partial charge is 0.322 e. The van der Waals surface area contributed by atoms with Crippen LogP contribution in [0.5, 0.6) is 0 Å². The van der Waals surface area contributed by atoms with Gasteiger partial charge in [-0.15, -0.1) is 0 Å². The first-order valence-electron chi connectivity index (χ1n) is 7.62. The number of hydrogen-bond acceptors (Lipinski definition) is 4. The molecule has 3 amide bonds. The molecular weight excluding hydrogens is 342 g/mol. The highest BCUT2D eigenvalue weighted by Crippen LogP contribution is 2.22. The molecule has 0 bridgehead atoms. The van der Waals surface area contributed by atoms with Gasteiger partial charge in [-0.2, -0.15) is 0 Å². The van der Waals surface area contributed by atoms with Crippen LogP contribution in [0.25, 0.3) is 0 Å². The van der Waals surface area contributed by atoms with Gasteiger partial charge in [0.1, 0.15) is 6.04 Å². The number of nitrogens with one attached hydrogen (secondary N) is 3. The molecule has 1 aliphatic heterocycles. The molecule has 0 aromatic heterocycles. The Morgan fingerprint density at radius 2 is 1.64 bits per heavy atom. The van der Waals surface area contributed by atoms with Crippen molar-refractivity contribution >= 4 is 22.0 Å². The molecule has 1 saturated heterocycles. The fourth-order valence-electron chi connectivity index (χ4n) is 2.61. The Kier molecular flexibility index (Phi) is 4.56. The van der Waals surface area contributed by atoms with Crippen LogP contribution in [0.15, 0.2) is 59.5 Å². The number of amides is 3. The first-order valence-corrected chi connectivity index (χ1v) is 9.10. The van der Waals surface area contributed by atoms with Crippen molar-refractivity contribution in [2.24, 2.45) is 0 Å². The van der Waals surface area contributed by atoms with Gasteiger partial charge in [-0.25, -0.2) is 17.9 Å². The summed E-state index contributed by atoms with van der Waals surface area (Å²) in [5.41, 5.74) is 1.50. The van der Waals surface area contributed by atoms with E-state index >= 15 is 0 Å². The normalized spacial score (nSPS) is 18.5. The zero-order valence-corrected chi connectivity index (χ0v) is 14.2. The predicted octanol–water partition coefficient (Wildman–Crippen LogP) is 1.22. The predicted molar refractivity (Wildman–Crippen MR) is 91.1 cm³/mol. The van der Waals surface area contributed by atoms with Crippen LogP contribution in [0.1, 0.15) is 17.2 Å². The second-order valence-corrected chi connectivity index (χ2v) is 7.48. The highest BCUT2D eigenvalue weighted by Gasteiger charge is 2.39. The Bertz CT molecular complexity index is 895. The molecule has 2 unspecified atom stereocenters. The Balaban J connectivity index is 1.96. The molecule has 0 radical (unpaired) electrons. The van der Waals surface area contributed by atoms with E-state index in [1.807, 2.05) is 6.92 Å². The summed E-state index contributed by atoms with van der Waals surface area (Å²) in [5.74, 6) is -0.578. The third-order valence-electron chi connectivity index (χ3n) is 3.91. The van der Waals surface area contributed by atoms with Gasteiger partial charge in [0, 0.05) is 0 Å². The van der Waals surface area contributed by atoms with E-state index in [1.54, 1.807) is 42.5 Å². The van der Waals surface area contributed by atoms with Gasteiger partial charge in [-0.05, 0) is 24.6 Å². The van der Waals surface area contributed by atoms with Crippen LogP contribution in [0, 0.1) is 6.92 Å². The van der Waals surface area contributed by atoms with Crippen molar-refractivity contribution in [3.05, 3.63) is 65.7 Å². The average Bonchev–Trinajstić information content (AvgIpc) is 2.92. The van der Waals surface area contributed by atoms with Crippen LogP contribution in [0.2, 0.25) is 0 Å². The van der Waals surface area contributed by atoms with Crippen LogP contribution >= 0.6 is 0 Å². The lowest BCUT2D eigenvalue weighted by molar-refractivity contribution is -0.120. The van der Waals surface area contributed by atoms with E-state index in [2.05, 4.69) is 15.4 Å². The van der Waals surface area contributed by atoms with Crippen LogP contribution in [0.3, 0.4) is 0 Å². The third kappa shape index (κ3) is 3.70. The van der Waals surface area contributed by atoms with Gasteiger partial charge in [0.25, 0.3) is 5.91 Å². The molecule has 25 heavy (non-hydrogen) atoms. The van der Waals surface area contributed by atoms with Gasteiger partial charge >= 0.3 is 6.03 Å². The monoisotopic (exact) mass is 359 g/mol. The molecule has 1 aliphatic rings. The third-order valence-corrected chi connectivity index (χ3v) is 5.37. The van der Waals surface area contributed by atoms with Crippen molar-refractivity contribution in [3.8, 4) is 0 Å². The van der Waals surface area contributed by atoms with E-state index in [1.165, 1.54) is 12.1 Å². The number of carbonyl (C=O) groups excluding carboxylic acids is 2. The van der Waals surface area contributed by atoms with Crippen molar-refractivity contribution in [1.82, 2.24) is 15.4 Å². The van der Waals surface area contributed by atoms with Crippen molar-refractivity contribution in [3.63, 3.8) is 0 Å². The van der Waals surface area contributed by atoms with Gasteiger partial charge < -0.3 is 5.32 Å². The summed E-state index contributed by atoms with van der Waals surface area (Å²) >= 11 is 0. The molecule has 130 valence electrons. The summed E-state index contributed by atoms with van der Waals surface area (Å²) in [6.45, 7) is 1.86. The number of urea groups is 1. The molecule has 8 heteroatoms. The maximum Gasteiger partial charge on any atom is 0.322 e. The SMILES string of the molecule is Cc1ccc(S(=O)(=O)NC(c2ccccc2)C2NC(=O)NC2=O)cc1. The number of rotatable bonds is 5. The molecular formula is C17H17N3O4S. The first-order chi connectivity index (χ1) is 11.9. The van der Waals surface area contributed by atoms with E-state index in [4.69, 9.17) is 0 Å². The molecule has 2 aromatic carbocycles. The molecule has 1 fully saturated rings. The molecule has 2 aromatic rings. The van der Waals surface area contributed by atoms with Gasteiger partial charge in [0.2, 0.25) is 10.0 Å². The number of carbonyl (C=O) groups is 2. The van der Waals surface area contributed by atoms with E-state index < -0.39 is 34.0 Å². The minimum atomic E-state index is -3.88. The second-order valence-electron chi connectivity index (χ2n) is 5.76. The lowest BCUT2D eigenvalue weighted by Crippen LogP contribution is -2.44. The fraction of sp³-hybridized carbons (Fsp3) is 0.176. The van der Waals surface area contributed by atoms with Gasteiger partial charge in [-0.1, -0.05) is 48.0 Å². The topological polar surface area (TPSA) is 104 Å². The number of hydrogen-bond donors (Lipinski definition) is 3. The molecule has 2 atom stereocenters. The lowest BCUT2D eigenvalue weighted by atomic mass is 10.0. The minimum Gasteiger partial charge on any atom is -0.324 e. The largest absolute Gasteiger partial charge is 0.324 e. The molecule has 0 spiro atoms. The Hall–Kier alpha value is -2.71. The van der Waals surface area contributed by atoms with Gasteiger partial charge in [0.05, 0.1) is 10.9 Å². The number of imide groups is 1. The molecule has 0 saturated carbocycles. The van der Waals surface area contributed by atoms with E-state index in [-0.39, 0.29) is 4.90 Å². The highest BCUT2D eigenvalue weighted by atomic mass is 32.2. The average molecular weight is 359 g/mol. The van der Waals surface area contributed by atoms with Crippen LogP contribution < -0.4 is 15.4 Å². The van der Waals surface area contributed by atoms with Crippen molar-refractivity contribution in [2.75, 3.05) is 0 Å². The van der Waals surface area contributed by atoms with Crippen molar-refractivity contribution in [1.29, 1.82) is 0 Å². The van der Waals surface area contributed by atoms with Crippen LogP contribution in [-0.4, -0.2) is 26.4 Å². The lowest BCUT2D eigenvalue weighted by Gasteiger charge is -2.23. The Labute approximate surface area is 145 Å². The Morgan fingerprint density at radius 1 is 1.00 bits per heavy atom. The van der Waals surface area contributed by atoms with Crippen molar-refractivity contribution < 1.29 is 18.0 Å². The maximum absolute atomic E-state index is 12.7. The summed E-state index contributed by atoms with van der Waals surface area (Å²) in [6.07, 6.45) is 0. The van der Waals surface area contributed by atoms with Gasteiger partial charge in [-0.3, -0.25) is 10.1 Å². The van der Waals surface area contributed by atoms with Gasteiger partial charge in [0.15, 0.2) is 0 Å². The molecule has 3 rings (SSSR count). The highest BCUT2D eigenvalue weighted by molar-refractivity contribution is 7.89. The molecule has 7 nitrogen and oxygen atoms in total. The zero-order chi connectivity index (χ0) is 18.0. The standard InChI is InChI=1S/C17H17N3O4S/c1-11-7-9-13(10-8-11)25(23,24)20-14(12-5-3-2-4-6-12)15-16(21)19-17(22)18-15/h2-10,14-15,20H,1H3,(H2,18,19,21,22). The zero-order valence-electron chi connectivity index (χ0n) is 13.4. The first kappa shape index (κ1) is 17.1. The molecule has 3 N–H and O–H groups in total. The second kappa shape index (κ2) is 6.66. The summed E-state index contributed by atoms with van der Waals surface area (Å²) in [7, 11) is -3.88. The van der Waals surface area contributed by atoms with Crippen LogP contribution in [0.4, 0.5) is 4.79 Å². The summed E-state index contributed by atoms with van der Waals surface area (Å²) < 4.78 is 28.0. The summed E-state index contributed by atoms with van der Waals surface area (Å²) in [4.78, 5) is 23.6. The fourth-order valence-corrected chi connectivity index (χ4v) is 3.85. The number of sulfonamides is 1. The quantitative estimate of drug-likeness (QED) is 0.698. The molecule has 0 aliphatic carbocycles. The van der Waals surface area contributed by atoms with E-state index in [9.17, 15) is 18.0 Å². The van der Waals surface area contributed by atoms with Crippen molar-refractivity contribution in [2.45, 2.75) is 23.9 Å². The number of aryl methyl sites for hydroxylation is 1. The van der Waals surface area contributed by atoms with E-state index in [0.717, 1.165) is 5.56 Å². The summed E-state index contributed by atoms with van der Waals surface area (Å²) in [5, 5.41) is 4.59. The van der Waals surface area contributed by atoms with E-state index in [0.29, 0.717) is 5.56 Å². The summed E-state index contributed by atoms with van der Waals surface area (Å²) in [6, 6.07) is 12.4. The Morgan fingerprint density at radius 3 is 2.20 bits per heavy atom.